The predicted octanol–water partition coefficient (Wildman–Crippen LogP) is 1.45. The fourth-order valence-corrected chi connectivity index (χ4v) is 2.58. The molecule has 1 saturated carbocycles. The van der Waals surface area contributed by atoms with Gasteiger partial charge in [0, 0.05) is 25.6 Å². The molecule has 0 unspecified atom stereocenters. The first-order valence-corrected chi connectivity index (χ1v) is 6.95. The minimum atomic E-state index is -0.290. The van der Waals surface area contributed by atoms with Crippen molar-refractivity contribution in [3.05, 3.63) is 35.6 Å². The molecule has 1 heterocycles. The van der Waals surface area contributed by atoms with Gasteiger partial charge in [-0.2, -0.15) is 0 Å². The molecule has 1 atom stereocenters. The minimum Gasteiger partial charge on any atom is -0.352 e. The van der Waals surface area contributed by atoms with Crippen LogP contribution in [0, 0.1) is 11.7 Å². The van der Waals surface area contributed by atoms with E-state index in [1.54, 1.807) is 12.1 Å². The Labute approximate surface area is 117 Å². The molecule has 0 radical (unpaired) electrons. The van der Waals surface area contributed by atoms with Crippen LogP contribution in [-0.2, 0) is 16.1 Å². The molecular weight excluding hydrogens is 259 g/mol. The first-order valence-electron chi connectivity index (χ1n) is 6.95. The van der Waals surface area contributed by atoms with E-state index in [4.69, 9.17) is 0 Å². The summed E-state index contributed by atoms with van der Waals surface area (Å²) in [6.07, 6.45) is 2.44. The van der Waals surface area contributed by atoms with Gasteiger partial charge in [0.15, 0.2) is 0 Å². The van der Waals surface area contributed by atoms with E-state index in [1.165, 1.54) is 12.1 Å². The molecule has 0 bridgehead atoms. The number of amides is 2. The van der Waals surface area contributed by atoms with E-state index in [9.17, 15) is 14.0 Å². The van der Waals surface area contributed by atoms with Crippen LogP contribution in [0.5, 0.6) is 0 Å². The van der Waals surface area contributed by atoms with E-state index in [2.05, 4.69) is 5.32 Å². The van der Waals surface area contributed by atoms with Crippen LogP contribution in [0.25, 0.3) is 0 Å². The largest absolute Gasteiger partial charge is 0.352 e. The van der Waals surface area contributed by atoms with Crippen LogP contribution in [0.2, 0.25) is 0 Å². The normalized spacial score (nSPS) is 22.1. The zero-order chi connectivity index (χ0) is 14.1. The van der Waals surface area contributed by atoms with E-state index < -0.39 is 0 Å². The third-order valence-electron chi connectivity index (χ3n) is 3.90. The zero-order valence-corrected chi connectivity index (χ0v) is 11.1. The van der Waals surface area contributed by atoms with Crippen LogP contribution in [0.1, 0.15) is 24.8 Å². The van der Waals surface area contributed by atoms with Gasteiger partial charge in [0.25, 0.3) is 0 Å². The van der Waals surface area contributed by atoms with Gasteiger partial charge >= 0.3 is 0 Å². The second-order valence-electron chi connectivity index (χ2n) is 5.52. The lowest BCUT2D eigenvalue weighted by atomic mass is 10.1. The second kappa shape index (κ2) is 5.23. The summed E-state index contributed by atoms with van der Waals surface area (Å²) in [4.78, 5) is 25.7. The number of hydrogen-bond acceptors (Lipinski definition) is 2. The molecule has 20 heavy (non-hydrogen) atoms. The summed E-state index contributed by atoms with van der Waals surface area (Å²) in [6.45, 7) is 0.909. The molecule has 106 valence electrons. The van der Waals surface area contributed by atoms with E-state index in [0.29, 0.717) is 25.6 Å². The molecular formula is C15H17FN2O2. The Morgan fingerprint density at radius 3 is 2.65 bits per heavy atom. The predicted molar refractivity (Wildman–Crippen MR) is 71.1 cm³/mol. The number of rotatable bonds is 4. The van der Waals surface area contributed by atoms with Crippen LogP contribution in [0.15, 0.2) is 24.3 Å². The number of carbonyl (C=O) groups is 2. The number of halogens is 1. The highest BCUT2D eigenvalue weighted by atomic mass is 19.1. The van der Waals surface area contributed by atoms with Crippen molar-refractivity contribution < 1.29 is 14.0 Å². The maximum absolute atomic E-state index is 12.8. The third-order valence-corrected chi connectivity index (χ3v) is 3.90. The van der Waals surface area contributed by atoms with Gasteiger partial charge in [-0.3, -0.25) is 9.59 Å². The lowest BCUT2D eigenvalue weighted by Crippen LogP contribution is -2.33. The highest BCUT2D eigenvalue weighted by molar-refractivity contribution is 5.89. The van der Waals surface area contributed by atoms with Gasteiger partial charge in [0.2, 0.25) is 11.8 Å². The zero-order valence-electron chi connectivity index (χ0n) is 11.1. The third kappa shape index (κ3) is 2.81. The summed E-state index contributed by atoms with van der Waals surface area (Å²) in [5.74, 6) is -0.537. The molecule has 1 N–H and O–H groups in total. The molecule has 1 saturated heterocycles. The van der Waals surface area contributed by atoms with Gasteiger partial charge in [-0.15, -0.1) is 0 Å². The van der Waals surface area contributed by atoms with Crippen LogP contribution in [-0.4, -0.2) is 29.3 Å². The summed E-state index contributed by atoms with van der Waals surface area (Å²) >= 11 is 0. The van der Waals surface area contributed by atoms with Gasteiger partial charge < -0.3 is 10.2 Å². The Balaban J connectivity index is 1.52. The van der Waals surface area contributed by atoms with E-state index in [-0.39, 0.29) is 23.5 Å². The molecule has 2 amide bonds. The quantitative estimate of drug-likeness (QED) is 0.905. The number of nitrogens with one attached hydrogen (secondary N) is 1. The molecule has 1 aromatic carbocycles. The standard InChI is InChI=1S/C15H17FN2O2/c16-12-3-1-10(2-4-12)8-17-15(20)11-7-14(19)18(9-11)13-5-6-13/h1-4,11,13H,5-9H2,(H,17,20)/t11-/m1/s1. The van der Waals surface area contributed by atoms with Gasteiger partial charge in [-0.05, 0) is 30.5 Å². The molecule has 1 aromatic rings. The van der Waals surface area contributed by atoms with E-state index >= 15 is 0 Å². The first-order chi connectivity index (χ1) is 9.63. The molecule has 4 nitrogen and oxygen atoms in total. The van der Waals surface area contributed by atoms with Crippen LogP contribution in [0.3, 0.4) is 0 Å². The highest BCUT2D eigenvalue weighted by Gasteiger charge is 2.41. The SMILES string of the molecule is O=C(NCc1ccc(F)cc1)[C@@H]1CC(=O)N(C2CC2)C1. The summed E-state index contributed by atoms with van der Waals surface area (Å²) in [6, 6.07) is 6.40. The lowest BCUT2D eigenvalue weighted by Gasteiger charge is -2.15. The number of hydrogen-bond donors (Lipinski definition) is 1. The average Bonchev–Trinajstić information content (AvgIpc) is 3.21. The summed E-state index contributed by atoms with van der Waals surface area (Å²) in [7, 11) is 0. The molecule has 0 spiro atoms. The Kier molecular flexibility index (Phi) is 3.42. The summed E-state index contributed by atoms with van der Waals surface area (Å²) in [5.41, 5.74) is 0.850. The fraction of sp³-hybridized carbons (Fsp3) is 0.467. The number of carbonyl (C=O) groups excluding carboxylic acids is 2. The van der Waals surface area contributed by atoms with Crippen LogP contribution < -0.4 is 5.32 Å². The Bertz CT molecular complexity index is 525. The van der Waals surface area contributed by atoms with Crippen molar-refractivity contribution in [3.63, 3.8) is 0 Å². The Morgan fingerprint density at radius 1 is 1.30 bits per heavy atom. The summed E-state index contributed by atoms with van der Waals surface area (Å²) in [5, 5.41) is 2.82. The van der Waals surface area contributed by atoms with Crippen molar-refractivity contribution in [3.8, 4) is 0 Å². The molecule has 2 aliphatic rings. The van der Waals surface area contributed by atoms with Crippen molar-refractivity contribution in [1.82, 2.24) is 10.2 Å². The van der Waals surface area contributed by atoms with Crippen molar-refractivity contribution in [2.24, 2.45) is 5.92 Å². The van der Waals surface area contributed by atoms with Crippen LogP contribution in [0.4, 0.5) is 4.39 Å². The Hall–Kier alpha value is -1.91. The molecule has 1 aliphatic carbocycles. The number of benzene rings is 1. The molecule has 1 aliphatic heterocycles. The van der Waals surface area contributed by atoms with Gasteiger partial charge in [-0.25, -0.2) is 4.39 Å². The number of likely N-dealkylation sites (tertiary alicyclic amines) is 1. The summed E-state index contributed by atoms with van der Waals surface area (Å²) < 4.78 is 12.8. The monoisotopic (exact) mass is 276 g/mol. The second-order valence-corrected chi connectivity index (χ2v) is 5.52. The van der Waals surface area contributed by atoms with E-state index in [1.807, 2.05) is 4.90 Å². The van der Waals surface area contributed by atoms with Crippen LogP contribution >= 0.6 is 0 Å². The van der Waals surface area contributed by atoms with Gasteiger partial charge in [-0.1, -0.05) is 12.1 Å². The maximum Gasteiger partial charge on any atom is 0.225 e. The fourth-order valence-electron chi connectivity index (χ4n) is 2.58. The topological polar surface area (TPSA) is 49.4 Å². The molecule has 5 heteroatoms. The minimum absolute atomic E-state index is 0.0918. The van der Waals surface area contributed by atoms with Crippen molar-refractivity contribution in [2.75, 3.05) is 6.54 Å². The average molecular weight is 276 g/mol. The lowest BCUT2D eigenvalue weighted by molar-refractivity contribution is -0.129. The van der Waals surface area contributed by atoms with Crippen molar-refractivity contribution >= 4 is 11.8 Å². The van der Waals surface area contributed by atoms with Crippen molar-refractivity contribution in [2.45, 2.75) is 31.8 Å². The van der Waals surface area contributed by atoms with Crippen molar-refractivity contribution in [1.29, 1.82) is 0 Å². The molecule has 3 rings (SSSR count). The maximum atomic E-state index is 12.8. The van der Waals surface area contributed by atoms with Gasteiger partial charge in [0.05, 0.1) is 5.92 Å². The molecule has 0 aromatic heterocycles. The van der Waals surface area contributed by atoms with E-state index in [0.717, 1.165) is 18.4 Å². The highest BCUT2D eigenvalue weighted by Crippen LogP contribution is 2.32. The van der Waals surface area contributed by atoms with Gasteiger partial charge in [0.1, 0.15) is 5.82 Å². The Morgan fingerprint density at radius 2 is 2.00 bits per heavy atom. The molecule has 2 fully saturated rings. The smallest absolute Gasteiger partial charge is 0.225 e. The number of nitrogens with zero attached hydrogens (tertiary/aromatic N) is 1. The first kappa shape index (κ1) is 13.1.